The van der Waals surface area contributed by atoms with E-state index in [1.165, 1.54) is 14.2 Å². The van der Waals surface area contributed by atoms with Crippen molar-refractivity contribution in [2.75, 3.05) is 41.8 Å². The smallest absolute Gasteiger partial charge is 0.261 e. The summed E-state index contributed by atoms with van der Waals surface area (Å²) in [5, 5.41) is 15.7. The fourth-order valence-corrected chi connectivity index (χ4v) is 14.1. The lowest BCUT2D eigenvalue weighted by Crippen LogP contribution is -2.66. The maximum atomic E-state index is 13.8. The zero-order valence-electron chi connectivity index (χ0n) is 39.2. The van der Waals surface area contributed by atoms with Gasteiger partial charge in [-0.3, -0.25) is 0 Å². The van der Waals surface area contributed by atoms with E-state index in [1.807, 2.05) is 78.9 Å². The van der Waals surface area contributed by atoms with E-state index in [2.05, 4.69) is 103 Å². The third-order valence-corrected chi connectivity index (χ3v) is 22.3. The SMILES string of the molecule is COCOc1cc(CO[Si](c2ccccc2)(c2ccccc2)C(C)(C)C)c(/C(=C\CO[Si](C)(C)C(C)(C)C)C2(O)c3cccc(OC)c3C2(OC)OC)c(OCc2ccccc2)c1. The molecule has 0 amide bonds. The van der Waals surface area contributed by atoms with Crippen molar-refractivity contribution in [2.45, 2.75) is 89.3 Å². The van der Waals surface area contributed by atoms with Crippen LogP contribution in [0.1, 0.15) is 69.4 Å². The predicted molar refractivity (Wildman–Crippen MR) is 256 cm³/mol. The molecular formula is C52H66O9Si2. The lowest BCUT2D eigenvalue weighted by atomic mass is 9.61. The third-order valence-electron chi connectivity index (χ3n) is 12.8. The minimum absolute atomic E-state index is 0.00307. The summed E-state index contributed by atoms with van der Waals surface area (Å²) < 4.78 is 51.7. The molecule has 9 nitrogen and oxygen atoms in total. The minimum atomic E-state index is -3.12. The Morgan fingerprint density at radius 2 is 1.24 bits per heavy atom. The second-order valence-electron chi connectivity index (χ2n) is 18.5. The highest BCUT2D eigenvalue weighted by Crippen LogP contribution is 2.65. The first kappa shape index (κ1) is 47.9. The Hall–Kier alpha value is -4.57. The minimum Gasteiger partial charge on any atom is -0.496 e. The fraction of sp³-hybridized carbons (Fsp3) is 0.385. The monoisotopic (exact) mass is 890 g/mol. The topological polar surface area (TPSA) is 94.1 Å². The van der Waals surface area contributed by atoms with E-state index < -0.39 is 28.0 Å². The average Bonchev–Trinajstić information content (AvgIpc) is 3.27. The fourth-order valence-electron chi connectivity index (χ4n) is 8.60. The molecule has 1 N–H and O–H groups in total. The van der Waals surface area contributed by atoms with Gasteiger partial charge >= 0.3 is 0 Å². The molecule has 0 saturated heterocycles. The number of ether oxygens (including phenoxy) is 6. The van der Waals surface area contributed by atoms with Crippen LogP contribution in [0, 0.1) is 0 Å². The van der Waals surface area contributed by atoms with Crippen LogP contribution in [0.5, 0.6) is 17.2 Å². The molecule has 0 heterocycles. The third kappa shape index (κ3) is 8.95. The molecule has 5 aromatic rings. The Kier molecular flexibility index (Phi) is 14.7. The molecule has 0 saturated carbocycles. The molecule has 63 heavy (non-hydrogen) atoms. The van der Waals surface area contributed by atoms with Gasteiger partial charge in [-0.2, -0.15) is 0 Å². The molecule has 1 atom stereocenters. The molecule has 5 aromatic carbocycles. The first-order valence-corrected chi connectivity index (χ1v) is 26.3. The van der Waals surface area contributed by atoms with Crippen LogP contribution in [-0.2, 0) is 47.7 Å². The molecule has 1 aliphatic carbocycles. The predicted octanol–water partition coefficient (Wildman–Crippen LogP) is 10.1. The summed E-state index contributed by atoms with van der Waals surface area (Å²) in [4.78, 5) is 0. The van der Waals surface area contributed by atoms with Gasteiger partial charge in [-0.15, -0.1) is 0 Å². The first-order chi connectivity index (χ1) is 30.0. The number of rotatable bonds is 19. The van der Waals surface area contributed by atoms with Gasteiger partial charge in [0, 0.05) is 44.1 Å². The summed E-state index contributed by atoms with van der Waals surface area (Å²) in [6.07, 6.45) is 1.96. The molecule has 0 radical (unpaired) electrons. The van der Waals surface area contributed by atoms with Crippen LogP contribution in [0.2, 0.25) is 23.2 Å². The molecule has 0 aromatic heterocycles. The highest BCUT2D eigenvalue weighted by molar-refractivity contribution is 6.99. The van der Waals surface area contributed by atoms with E-state index in [0.29, 0.717) is 45.1 Å². The summed E-state index contributed by atoms with van der Waals surface area (Å²) in [7, 11) is 0.840. The highest BCUT2D eigenvalue weighted by Gasteiger charge is 2.69. The van der Waals surface area contributed by atoms with Gasteiger partial charge in [-0.25, -0.2) is 0 Å². The average molecular weight is 891 g/mol. The molecule has 0 spiro atoms. The summed E-state index contributed by atoms with van der Waals surface area (Å²) >= 11 is 0. The lowest BCUT2D eigenvalue weighted by molar-refractivity contribution is -0.321. The van der Waals surface area contributed by atoms with Crippen LogP contribution in [0.3, 0.4) is 0 Å². The maximum Gasteiger partial charge on any atom is 0.261 e. The van der Waals surface area contributed by atoms with E-state index in [1.54, 1.807) is 14.2 Å². The Morgan fingerprint density at radius 3 is 1.76 bits per heavy atom. The molecule has 1 aliphatic rings. The summed E-state index contributed by atoms with van der Waals surface area (Å²) in [6, 6.07) is 40.5. The number of benzene rings is 5. The van der Waals surface area contributed by atoms with Gasteiger partial charge in [0.05, 0.1) is 25.9 Å². The van der Waals surface area contributed by atoms with Crippen molar-refractivity contribution in [1.29, 1.82) is 0 Å². The van der Waals surface area contributed by atoms with Crippen molar-refractivity contribution in [3.05, 3.63) is 155 Å². The maximum absolute atomic E-state index is 13.8. The van der Waals surface area contributed by atoms with Gasteiger partial charge in [0.1, 0.15) is 23.9 Å². The molecular weight excluding hydrogens is 825 g/mol. The van der Waals surface area contributed by atoms with Crippen LogP contribution >= 0.6 is 0 Å². The van der Waals surface area contributed by atoms with Crippen molar-refractivity contribution in [3.63, 3.8) is 0 Å². The van der Waals surface area contributed by atoms with Crippen LogP contribution < -0.4 is 24.6 Å². The zero-order valence-corrected chi connectivity index (χ0v) is 41.2. The number of aliphatic hydroxyl groups is 1. The molecule has 0 bridgehead atoms. The number of hydrogen-bond donors (Lipinski definition) is 1. The summed E-state index contributed by atoms with van der Waals surface area (Å²) in [5.74, 6) is -0.209. The van der Waals surface area contributed by atoms with Gasteiger partial charge < -0.3 is 42.4 Å². The second kappa shape index (κ2) is 19.3. The van der Waals surface area contributed by atoms with E-state index in [-0.39, 0.29) is 36.7 Å². The van der Waals surface area contributed by atoms with Crippen molar-refractivity contribution >= 4 is 32.6 Å². The molecule has 336 valence electrons. The highest BCUT2D eigenvalue weighted by atomic mass is 28.4. The van der Waals surface area contributed by atoms with Gasteiger partial charge in [0.15, 0.2) is 20.7 Å². The zero-order chi connectivity index (χ0) is 45.7. The van der Waals surface area contributed by atoms with Gasteiger partial charge in [-0.05, 0) is 56.8 Å². The van der Waals surface area contributed by atoms with Crippen LogP contribution in [0.4, 0.5) is 0 Å². The Labute approximate surface area is 377 Å². The Bertz CT molecular complexity index is 2280. The largest absolute Gasteiger partial charge is 0.496 e. The van der Waals surface area contributed by atoms with Crippen molar-refractivity contribution in [3.8, 4) is 17.2 Å². The second-order valence-corrected chi connectivity index (χ2v) is 27.7. The first-order valence-electron chi connectivity index (χ1n) is 21.5. The molecule has 0 aliphatic heterocycles. The quantitative estimate of drug-likeness (QED) is 0.0643. The van der Waals surface area contributed by atoms with Gasteiger partial charge in [0.25, 0.3) is 8.32 Å². The molecule has 1 unspecified atom stereocenters. The Morgan fingerprint density at radius 1 is 0.651 bits per heavy atom. The summed E-state index contributed by atoms with van der Waals surface area (Å²) in [5.41, 5.74) is 1.98. The Balaban J connectivity index is 1.68. The van der Waals surface area contributed by atoms with Crippen LogP contribution in [0.15, 0.2) is 127 Å². The van der Waals surface area contributed by atoms with Gasteiger partial charge in [-0.1, -0.05) is 151 Å². The van der Waals surface area contributed by atoms with E-state index >= 15 is 0 Å². The van der Waals surface area contributed by atoms with E-state index in [0.717, 1.165) is 15.9 Å². The van der Waals surface area contributed by atoms with Crippen molar-refractivity contribution in [2.24, 2.45) is 0 Å². The van der Waals surface area contributed by atoms with Crippen molar-refractivity contribution in [1.82, 2.24) is 0 Å². The normalized spacial score (nSPS) is 16.6. The van der Waals surface area contributed by atoms with Gasteiger partial charge in [0.2, 0.25) is 5.79 Å². The van der Waals surface area contributed by atoms with E-state index in [9.17, 15) is 5.11 Å². The van der Waals surface area contributed by atoms with Crippen molar-refractivity contribution < 1.29 is 42.4 Å². The number of fused-ring (bicyclic) bond motifs is 1. The van der Waals surface area contributed by atoms with Crippen LogP contribution in [0.25, 0.3) is 5.57 Å². The number of methoxy groups -OCH3 is 4. The molecule has 6 rings (SSSR count). The van der Waals surface area contributed by atoms with E-state index in [4.69, 9.17) is 37.3 Å². The summed E-state index contributed by atoms with van der Waals surface area (Å²) in [6.45, 7) is 18.4. The van der Waals surface area contributed by atoms with Crippen LogP contribution in [-0.4, -0.2) is 63.6 Å². The number of hydrogen-bond acceptors (Lipinski definition) is 9. The molecule has 0 fully saturated rings. The molecule has 11 heteroatoms. The lowest BCUT2D eigenvalue weighted by Gasteiger charge is -2.56. The standard InChI is InChI=1S/C52H66O9Si2/c1-49(2,3)62(11,12)60-32-31-43(51(53)44-29-22-30-45(55-8)48(44)52(51,56-9)57-10)47-39(33-40(59-37-54-7)34-46(47)58-35-38-23-16-13-17-24-38)36-61-63(50(4,5)6,41-25-18-14-19-26-41)42-27-20-15-21-28-42/h13-31,33-34,53H,32,35-37H2,1-12H3/b43-31+.